The van der Waals surface area contributed by atoms with Crippen LogP contribution >= 0.6 is 0 Å². The van der Waals surface area contributed by atoms with Crippen molar-refractivity contribution in [1.82, 2.24) is 19.7 Å². The fraction of sp³-hybridized carbons (Fsp3) is 0.409. The number of aromatic nitrogens is 3. The van der Waals surface area contributed by atoms with Crippen LogP contribution in [0.4, 0.5) is 19.0 Å². The van der Waals surface area contributed by atoms with Gasteiger partial charge in [-0.2, -0.15) is 13.2 Å². The highest BCUT2D eigenvalue weighted by molar-refractivity contribution is 6.44. The molecule has 13 heteroatoms. The number of imidazole rings is 1. The van der Waals surface area contributed by atoms with E-state index in [2.05, 4.69) is 15.3 Å². The number of anilines is 1. The largest absolute Gasteiger partial charge is 0.475 e. The van der Waals surface area contributed by atoms with E-state index >= 15 is 0 Å². The van der Waals surface area contributed by atoms with E-state index in [1.54, 1.807) is 6.92 Å². The van der Waals surface area contributed by atoms with Crippen LogP contribution in [0.3, 0.4) is 0 Å². The molecule has 186 valence electrons. The molecule has 2 aromatic heterocycles. The van der Waals surface area contributed by atoms with E-state index in [1.165, 1.54) is 35.0 Å². The van der Waals surface area contributed by atoms with Gasteiger partial charge in [-0.1, -0.05) is 18.6 Å². The molecule has 1 aliphatic carbocycles. The van der Waals surface area contributed by atoms with Crippen LogP contribution in [0.1, 0.15) is 47.8 Å². The van der Waals surface area contributed by atoms with Gasteiger partial charge in [0, 0.05) is 11.8 Å². The SMILES string of the molecule is Cc1ccc(C(C)(O)C(F)(F)F)cc1-c1cnc2c(N)nc(C(=O)NC(B(O)O)C3CCC3)cn12. The molecule has 2 atom stereocenters. The molecule has 1 aromatic carbocycles. The normalized spacial score (nSPS) is 17.0. The van der Waals surface area contributed by atoms with E-state index in [1.807, 2.05) is 0 Å². The number of nitrogens with one attached hydrogen (secondary N) is 1. The van der Waals surface area contributed by atoms with Crippen LogP contribution in [0.5, 0.6) is 0 Å². The van der Waals surface area contributed by atoms with Crippen LogP contribution in [0.2, 0.25) is 0 Å². The second-order valence-corrected chi connectivity index (χ2v) is 9.05. The Morgan fingerprint density at radius 1 is 1.31 bits per heavy atom. The first-order valence-corrected chi connectivity index (χ1v) is 11.0. The van der Waals surface area contributed by atoms with Crippen LogP contribution < -0.4 is 11.1 Å². The van der Waals surface area contributed by atoms with Gasteiger partial charge in [-0.15, -0.1) is 0 Å². The zero-order chi connectivity index (χ0) is 25.7. The zero-order valence-corrected chi connectivity index (χ0v) is 19.0. The average molecular weight is 491 g/mol. The minimum atomic E-state index is -4.90. The quantitative estimate of drug-likeness (QED) is 0.332. The first-order chi connectivity index (χ1) is 16.3. The molecule has 0 aliphatic heterocycles. The minimum absolute atomic E-state index is 0.0735. The van der Waals surface area contributed by atoms with Gasteiger partial charge in [0.05, 0.1) is 17.8 Å². The number of benzene rings is 1. The zero-order valence-electron chi connectivity index (χ0n) is 19.0. The van der Waals surface area contributed by atoms with Crippen molar-refractivity contribution < 1.29 is 33.1 Å². The van der Waals surface area contributed by atoms with Crippen molar-refractivity contribution in [3.05, 3.63) is 47.4 Å². The number of alkyl halides is 3. The Morgan fingerprint density at radius 2 is 2.00 bits per heavy atom. The second kappa shape index (κ2) is 8.81. The van der Waals surface area contributed by atoms with E-state index < -0.39 is 30.7 Å². The van der Waals surface area contributed by atoms with Crippen LogP contribution in [-0.2, 0) is 5.60 Å². The molecule has 2 unspecified atom stereocenters. The Hall–Kier alpha value is -3.16. The van der Waals surface area contributed by atoms with Crippen molar-refractivity contribution in [2.45, 2.75) is 50.8 Å². The third-order valence-electron chi connectivity index (χ3n) is 6.66. The fourth-order valence-electron chi connectivity index (χ4n) is 4.15. The van der Waals surface area contributed by atoms with Crippen molar-refractivity contribution in [3.8, 4) is 11.3 Å². The molecule has 1 aliphatic rings. The Bertz CT molecular complexity index is 1270. The third-order valence-corrected chi connectivity index (χ3v) is 6.66. The second-order valence-electron chi connectivity index (χ2n) is 9.05. The van der Waals surface area contributed by atoms with Crippen LogP contribution in [0.25, 0.3) is 16.9 Å². The van der Waals surface area contributed by atoms with Crippen LogP contribution in [-0.4, -0.2) is 54.7 Å². The Labute approximate surface area is 199 Å². The molecule has 0 spiro atoms. The van der Waals surface area contributed by atoms with Crippen molar-refractivity contribution in [2.24, 2.45) is 5.92 Å². The van der Waals surface area contributed by atoms with Crippen LogP contribution in [0, 0.1) is 12.8 Å². The predicted molar refractivity (Wildman–Crippen MR) is 122 cm³/mol. The molecule has 0 radical (unpaired) electrons. The summed E-state index contributed by atoms with van der Waals surface area (Å²) in [7, 11) is -1.75. The van der Waals surface area contributed by atoms with Gasteiger partial charge in [-0.3, -0.25) is 9.20 Å². The number of rotatable bonds is 6. The summed E-state index contributed by atoms with van der Waals surface area (Å²) in [5.74, 6) is -1.73. The number of carbonyl (C=O) groups is 1. The molecule has 6 N–H and O–H groups in total. The number of carbonyl (C=O) groups excluding carboxylic acids is 1. The molecule has 1 amide bonds. The Balaban J connectivity index is 1.76. The maximum Gasteiger partial charge on any atom is 0.475 e. The number of aryl methyl sites for hydroxylation is 1. The summed E-state index contributed by atoms with van der Waals surface area (Å²) in [6.45, 7) is 2.36. The predicted octanol–water partition coefficient (Wildman–Crippen LogP) is 1.97. The van der Waals surface area contributed by atoms with Gasteiger partial charge in [0.2, 0.25) is 0 Å². The summed E-state index contributed by atoms with van der Waals surface area (Å²) >= 11 is 0. The Morgan fingerprint density at radius 3 is 2.57 bits per heavy atom. The summed E-state index contributed by atoms with van der Waals surface area (Å²) in [4.78, 5) is 21.2. The van der Waals surface area contributed by atoms with Crippen molar-refractivity contribution in [2.75, 3.05) is 5.73 Å². The monoisotopic (exact) mass is 491 g/mol. The minimum Gasteiger partial charge on any atom is -0.426 e. The number of halogens is 3. The van der Waals surface area contributed by atoms with Gasteiger partial charge in [0.1, 0.15) is 5.69 Å². The summed E-state index contributed by atoms with van der Waals surface area (Å²) in [6, 6.07) is 3.87. The molecule has 0 saturated heterocycles. The number of aliphatic hydroxyl groups is 1. The standard InChI is InChI=1S/C22H25BF3N5O4/c1-11-6-7-13(21(2,33)22(24,25)26)8-14(11)16-9-28-19-18(27)29-15(10-31(16)19)20(32)30-17(23(34)35)12-4-3-5-12/h6-10,12,17,33-35H,3-5H2,1-2H3,(H2,27,29)(H,30,32). The molecule has 3 aromatic rings. The lowest BCUT2D eigenvalue weighted by Crippen LogP contribution is -2.53. The highest BCUT2D eigenvalue weighted by atomic mass is 19.4. The van der Waals surface area contributed by atoms with Crippen molar-refractivity contribution in [1.29, 1.82) is 0 Å². The third kappa shape index (κ3) is 4.46. The van der Waals surface area contributed by atoms with Gasteiger partial charge in [-0.05, 0) is 49.8 Å². The molecule has 9 nitrogen and oxygen atoms in total. The first-order valence-electron chi connectivity index (χ1n) is 11.0. The smallest absolute Gasteiger partial charge is 0.426 e. The number of hydrogen-bond acceptors (Lipinski definition) is 7. The lowest BCUT2D eigenvalue weighted by Gasteiger charge is -2.33. The maximum absolute atomic E-state index is 13.4. The van der Waals surface area contributed by atoms with E-state index in [0.717, 1.165) is 19.3 Å². The van der Waals surface area contributed by atoms with Crippen LogP contribution in [0.15, 0.2) is 30.6 Å². The topological polar surface area (TPSA) is 146 Å². The fourth-order valence-corrected chi connectivity index (χ4v) is 4.15. The number of nitrogen functional groups attached to an aromatic ring is 1. The number of hydrogen-bond donors (Lipinski definition) is 5. The number of amides is 1. The average Bonchev–Trinajstić information content (AvgIpc) is 3.15. The summed E-state index contributed by atoms with van der Waals surface area (Å²) < 4.78 is 41.7. The molecular formula is C22H25BF3N5O4. The van der Waals surface area contributed by atoms with Crippen molar-refractivity contribution >= 4 is 24.5 Å². The van der Waals surface area contributed by atoms with Gasteiger partial charge in [-0.25, -0.2) is 9.97 Å². The highest BCUT2D eigenvalue weighted by Gasteiger charge is 2.51. The molecular weight excluding hydrogens is 466 g/mol. The van der Waals surface area contributed by atoms with E-state index in [4.69, 9.17) is 5.73 Å². The first kappa shape index (κ1) is 25.0. The summed E-state index contributed by atoms with van der Waals surface area (Å²) in [5.41, 5.74) is 3.89. The molecule has 4 rings (SSSR count). The number of nitrogens with zero attached hydrogens (tertiary/aromatic N) is 3. The number of fused-ring (bicyclic) bond motifs is 1. The number of nitrogens with two attached hydrogens (primary N) is 1. The van der Waals surface area contributed by atoms with Gasteiger partial charge >= 0.3 is 13.3 Å². The molecule has 0 bridgehead atoms. The summed E-state index contributed by atoms with van der Waals surface area (Å²) in [5, 5.41) is 32.1. The Kier molecular flexibility index (Phi) is 6.28. The van der Waals surface area contributed by atoms with E-state index in [-0.39, 0.29) is 28.6 Å². The van der Waals surface area contributed by atoms with Gasteiger partial charge in [0.25, 0.3) is 5.91 Å². The summed E-state index contributed by atoms with van der Waals surface area (Å²) in [6.07, 6.45) is 0.253. The van der Waals surface area contributed by atoms with Gasteiger partial charge in [0.15, 0.2) is 17.1 Å². The molecule has 1 fully saturated rings. The molecule has 1 saturated carbocycles. The highest BCUT2D eigenvalue weighted by Crippen LogP contribution is 2.40. The van der Waals surface area contributed by atoms with Gasteiger partial charge < -0.3 is 26.2 Å². The molecule has 2 heterocycles. The maximum atomic E-state index is 13.4. The van der Waals surface area contributed by atoms with Crippen molar-refractivity contribution in [3.63, 3.8) is 0 Å². The van der Waals surface area contributed by atoms with E-state index in [0.29, 0.717) is 23.7 Å². The van der Waals surface area contributed by atoms with E-state index in [9.17, 15) is 33.1 Å². The lowest BCUT2D eigenvalue weighted by molar-refractivity contribution is -0.258. The lowest BCUT2D eigenvalue weighted by atomic mass is 9.64. The molecule has 35 heavy (non-hydrogen) atoms.